The molecular formula is C26H28N6O2. The van der Waals surface area contributed by atoms with Gasteiger partial charge in [0.1, 0.15) is 11.3 Å². The predicted octanol–water partition coefficient (Wildman–Crippen LogP) is 3.24. The third kappa shape index (κ3) is 4.83. The summed E-state index contributed by atoms with van der Waals surface area (Å²) in [4.78, 5) is 28.6. The summed E-state index contributed by atoms with van der Waals surface area (Å²) < 4.78 is 7.39. The Labute approximate surface area is 198 Å². The maximum atomic E-state index is 12.6. The quantitative estimate of drug-likeness (QED) is 0.430. The Bertz CT molecular complexity index is 1260. The summed E-state index contributed by atoms with van der Waals surface area (Å²) in [5.41, 5.74) is 5.04. The number of pyridine rings is 2. The fourth-order valence-electron chi connectivity index (χ4n) is 4.26. The maximum Gasteiger partial charge on any atom is 0.251 e. The van der Waals surface area contributed by atoms with Crippen LogP contribution in [0, 0.1) is 6.92 Å². The molecule has 4 aromatic rings. The van der Waals surface area contributed by atoms with E-state index in [-0.39, 0.29) is 5.91 Å². The van der Waals surface area contributed by atoms with E-state index in [0.717, 1.165) is 73.2 Å². The van der Waals surface area contributed by atoms with Crippen LogP contribution < -0.4 is 5.32 Å². The number of rotatable bonds is 7. The molecule has 0 aliphatic carbocycles. The topological polar surface area (TPSA) is 85.2 Å². The van der Waals surface area contributed by atoms with Crippen molar-refractivity contribution < 1.29 is 9.53 Å². The van der Waals surface area contributed by atoms with Crippen molar-refractivity contribution in [3.05, 3.63) is 72.3 Å². The van der Waals surface area contributed by atoms with Crippen molar-refractivity contribution in [1.29, 1.82) is 0 Å². The van der Waals surface area contributed by atoms with E-state index in [9.17, 15) is 4.79 Å². The summed E-state index contributed by atoms with van der Waals surface area (Å²) in [5, 5.41) is 3.03. The molecule has 3 aromatic heterocycles. The molecule has 0 radical (unpaired) electrons. The zero-order valence-corrected chi connectivity index (χ0v) is 19.3. The molecule has 1 N–H and O–H groups in total. The minimum atomic E-state index is -0.0566. The Hall–Kier alpha value is -3.62. The van der Waals surface area contributed by atoms with Gasteiger partial charge in [0.2, 0.25) is 0 Å². The van der Waals surface area contributed by atoms with Gasteiger partial charge < -0.3 is 10.1 Å². The zero-order chi connectivity index (χ0) is 23.3. The molecule has 1 aromatic carbocycles. The number of nitrogens with one attached hydrogen (secondary N) is 1. The number of carbonyl (C=O) groups excluding carboxylic acids is 1. The van der Waals surface area contributed by atoms with E-state index in [1.165, 1.54) is 0 Å². The highest BCUT2D eigenvalue weighted by Crippen LogP contribution is 2.24. The average Bonchev–Trinajstić information content (AvgIpc) is 3.22. The summed E-state index contributed by atoms with van der Waals surface area (Å²) in [6.45, 7) is 7.13. The first kappa shape index (κ1) is 22.2. The number of fused-ring (bicyclic) bond motifs is 1. The number of carbonyl (C=O) groups is 1. The van der Waals surface area contributed by atoms with E-state index >= 15 is 0 Å². The predicted molar refractivity (Wildman–Crippen MR) is 131 cm³/mol. The Morgan fingerprint density at radius 2 is 1.76 bits per heavy atom. The van der Waals surface area contributed by atoms with Gasteiger partial charge in [-0.3, -0.25) is 19.2 Å². The summed E-state index contributed by atoms with van der Waals surface area (Å²) in [6, 6.07) is 15.4. The second-order valence-corrected chi connectivity index (χ2v) is 8.38. The number of nitrogens with zero attached hydrogens (tertiary/aromatic N) is 5. The van der Waals surface area contributed by atoms with E-state index in [0.29, 0.717) is 12.1 Å². The van der Waals surface area contributed by atoms with Crippen LogP contribution >= 0.6 is 0 Å². The molecule has 4 heterocycles. The second-order valence-electron chi connectivity index (χ2n) is 8.38. The maximum absolute atomic E-state index is 12.6. The van der Waals surface area contributed by atoms with Crippen LogP contribution in [-0.4, -0.2) is 69.7 Å². The van der Waals surface area contributed by atoms with Gasteiger partial charge in [-0.15, -0.1) is 0 Å². The Kier molecular flexibility index (Phi) is 6.60. The first-order valence-electron chi connectivity index (χ1n) is 11.6. The normalized spacial score (nSPS) is 14.4. The van der Waals surface area contributed by atoms with Gasteiger partial charge in [0.25, 0.3) is 5.91 Å². The molecule has 174 valence electrons. The highest BCUT2D eigenvalue weighted by atomic mass is 16.5. The standard InChI is InChI=1S/C26H28N6O2/c1-19-29-24-8-7-23(20-9-12-27-13-10-20)30-25(24)32(19)22-5-3-21(4-6-22)26(33)28-11-2-14-31-15-17-34-18-16-31/h3-10,12-13H,2,11,14-18H2,1H3,(H,28,33). The Morgan fingerprint density at radius 3 is 2.53 bits per heavy atom. The van der Waals surface area contributed by atoms with Gasteiger partial charge >= 0.3 is 0 Å². The number of morpholine rings is 1. The van der Waals surface area contributed by atoms with Crippen molar-refractivity contribution in [2.75, 3.05) is 39.4 Å². The van der Waals surface area contributed by atoms with Crippen LogP contribution in [0.25, 0.3) is 28.1 Å². The van der Waals surface area contributed by atoms with Gasteiger partial charge in [0.15, 0.2) is 5.65 Å². The van der Waals surface area contributed by atoms with Gasteiger partial charge in [-0.25, -0.2) is 9.97 Å². The zero-order valence-electron chi connectivity index (χ0n) is 19.3. The average molecular weight is 457 g/mol. The number of hydrogen-bond donors (Lipinski definition) is 1. The minimum Gasteiger partial charge on any atom is -0.379 e. The highest BCUT2D eigenvalue weighted by Gasteiger charge is 2.14. The smallest absolute Gasteiger partial charge is 0.251 e. The fraction of sp³-hybridized carbons (Fsp3) is 0.308. The second kappa shape index (κ2) is 10.1. The summed E-state index contributed by atoms with van der Waals surface area (Å²) >= 11 is 0. The minimum absolute atomic E-state index is 0.0566. The van der Waals surface area contributed by atoms with Crippen molar-refractivity contribution in [3.8, 4) is 16.9 Å². The Morgan fingerprint density at radius 1 is 1.00 bits per heavy atom. The molecule has 1 fully saturated rings. The van der Waals surface area contributed by atoms with E-state index in [2.05, 4.69) is 20.2 Å². The van der Waals surface area contributed by atoms with Crippen molar-refractivity contribution in [2.24, 2.45) is 0 Å². The number of amides is 1. The molecule has 0 unspecified atom stereocenters. The summed E-state index contributed by atoms with van der Waals surface area (Å²) in [6.07, 6.45) is 4.45. The molecule has 1 aliphatic heterocycles. The lowest BCUT2D eigenvalue weighted by atomic mass is 10.1. The van der Waals surface area contributed by atoms with Gasteiger partial charge in [0.05, 0.1) is 18.9 Å². The molecule has 1 aliphatic rings. The van der Waals surface area contributed by atoms with Crippen LogP contribution in [0.3, 0.4) is 0 Å². The van der Waals surface area contributed by atoms with Gasteiger partial charge in [-0.1, -0.05) is 0 Å². The third-order valence-corrected chi connectivity index (χ3v) is 6.08. The monoisotopic (exact) mass is 456 g/mol. The van der Waals surface area contributed by atoms with Gasteiger partial charge in [-0.2, -0.15) is 0 Å². The molecule has 34 heavy (non-hydrogen) atoms. The molecule has 8 nitrogen and oxygen atoms in total. The van der Waals surface area contributed by atoms with E-state index < -0.39 is 0 Å². The molecule has 0 saturated carbocycles. The molecular weight excluding hydrogens is 428 g/mol. The number of aryl methyl sites for hydroxylation is 1. The van der Waals surface area contributed by atoms with Gasteiger partial charge in [0, 0.05) is 48.8 Å². The third-order valence-electron chi connectivity index (χ3n) is 6.08. The number of hydrogen-bond acceptors (Lipinski definition) is 6. The van der Waals surface area contributed by atoms with Crippen molar-refractivity contribution in [3.63, 3.8) is 0 Å². The lowest BCUT2D eigenvalue weighted by molar-refractivity contribution is 0.0374. The number of ether oxygens (including phenoxy) is 1. The van der Waals surface area contributed by atoms with Crippen LogP contribution in [0.5, 0.6) is 0 Å². The van der Waals surface area contributed by atoms with Gasteiger partial charge in [-0.05, 0) is 68.4 Å². The van der Waals surface area contributed by atoms with Crippen molar-refractivity contribution >= 4 is 17.1 Å². The highest BCUT2D eigenvalue weighted by molar-refractivity contribution is 5.94. The van der Waals surface area contributed by atoms with E-state index in [4.69, 9.17) is 9.72 Å². The lowest BCUT2D eigenvalue weighted by Gasteiger charge is -2.26. The lowest BCUT2D eigenvalue weighted by Crippen LogP contribution is -2.38. The van der Waals surface area contributed by atoms with Crippen LogP contribution in [0.1, 0.15) is 22.6 Å². The van der Waals surface area contributed by atoms with Crippen LogP contribution in [0.2, 0.25) is 0 Å². The molecule has 1 saturated heterocycles. The first-order valence-corrected chi connectivity index (χ1v) is 11.6. The SMILES string of the molecule is Cc1nc2ccc(-c3ccncc3)nc2n1-c1ccc(C(=O)NCCCN2CCOCC2)cc1. The molecule has 5 rings (SSSR count). The summed E-state index contributed by atoms with van der Waals surface area (Å²) in [7, 11) is 0. The molecule has 0 atom stereocenters. The summed E-state index contributed by atoms with van der Waals surface area (Å²) in [5.74, 6) is 0.786. The van der Waals surface area contributed by atoms with Crippen LogP contribution in [0.4, 0.5) is 0 Å². The fourth-order valence-corrected chi connectivity index (χ4v) is 4.26. The largest absolute Gasteiger partial charge is 0.379 e. The van der Waals surface area contributed by atoms with E-state index in [1.807, 2.05) is 60.0 Å². The molecule has 0 spiro atoms. The molecule has 0 bridgehead atoms. The first-order chi connectivity index (χ1) is 16.7. The number of imidazole rings is 1. The number of benzene rings is 1. The van der Waals surface area contributed by atoms with Crippen molar-refractivity contribution in [1.82, 2.24) is 29.7 Å². The van der Waals surface area contributed by atoms with Crippen molar-refractivity contribution in [2.45, 2.75) is 13.3 Å². The van der Waals surface area contributed by atoms with Crippen LogP contribution in [0.15, 0.2) is 60.9 Å². The van der Waals surface area contributed by atoms with E-state index in [1.54, 1.807) is 12.4 Å². The molecule has 1 amide bonds. The molecule has 8 heteroatoms. The van der Waals surface area contributed by atoms with Crippen LogP contribution in [-0.2, 0) is 4.74 Å². The Balaban J connectivity index is 1.28. The number of aromatic nitrogens is 4.